The Labute approximate surface area is 249 Å². The van der Waals surface area contributed by atoms with E-state index in [1.165, 1.54) is 0 Å². The molecule has 0 unspecified atom stereocenters. The van der Waals surface area contributed by atoms with E-state index in [2.05, 4.69) is 32.8 Å². The molecule has 0 saturated carbocycles. The number of likely N-dealkylation sites (N-methyl/N-ethyl adjacent to an activating group) is 1. The van der Waals surface area contributed by atoms with Gasteiger partial charge in [-0.1, -0.05) is 74.5 Å². The van der Waals surface area contributed by atoms with E-state index in [0.29, 0.717) is 13.0 Å². The number of nitrogens with one attached hydrogen (secondary N) is 3. The fourth-order valence-electron chi connectivity index (χ4n) is 4.76. The van der Waals surface area contributed by atoms with Gasteiger partial charge in [-0.15, -0.1) is 0 Å². The summed E-state index contributed by atoms with van der Waals surface area (Å²) in [5.41, 5.74) is 1.62. The smallest absolute Gasteiger partial charge is 0.408 e. The lowest BCUT2D eigenvalue weighted by molar-refractivity contribution is -0.140. The van der Waals surface area contributed by atoms with Crippen molar-refractivity contribution in [2.75, 3.05) is 46.3 Å². The van der Waals surface area contributed by atoms with Gasteiger partial charge in [-0.25, -0.2) is 4.79 Å². The largest absolute Gasteiger partial charge is 0.445 e. The molecule has 3 rings (SSSR count). The number of amides is 3. The maximum Gasteiger partial charge on any atom is 0.408 e. The van der Waals surface area contributed by atoms with E-state index in [-0.39, 0.29) is 18.9 Å². The summed E-state index contributed by atoms with van der Waals surface area (Å²) in [6, 6.07) is 16.4. The molecule has 42 heavy (non-hydrogen) atoms. The quantitative estimate of drug-likeness (QED) is 0.219. The van der Waals surface area contributed by atoms with E-state index in [1.807, 2.05) is 74.5 Å². The van der Waals surface area contributed by atoms with Gasteiger partial charge in [0, 0.05) is 39.1 Å². The summed E-state index contributed by atoms with van der Waals surface area (Å²) in [7, 11) is 2.10. The Morgan fingerprint density at radius 1 is 0.833 bits per heavy atom. The Morgan fingerprint density at radius 2 is 1.45 bits per heavy atom. The van der Waals surface area contributed by atoms with Crippen LogP contribution in [-0.4, -0.2) is 91.9 Å². The zero-order valence-corrected chi connectivity index (χ0v) is 25.0. The fraction of sp³-hybridized carbons (Fsp3) is 0.500. The number of Topliss-reactive ketones (excluding diaryl/α,β-unsaturated/α-hetero) is 1. The molecule has 3 amide bonds. The molecule has 0 aliphatic carbocycles. The van der Waals surface area contributed by atoms with Crippen molar-refractivity contribution >= 4 is 23.7 Å². The molecule has 10 heteroatoms. The number of hydrogen-bond donors (Lipinski definition) is 3. The predicted molar refractivity (Wildman–Crippen MR) is 162 cm³/mol. The van der Waals surface area contributed by atoms with Gasteiger partial charge in [0.2, 0.25) is 11.7 Å². The molecule has 2 aromatic rings. The topological polar surface area (TPSA) is 120 Å². The van der Waals surface area contributed by atoms with Crippen molar-refractivity contribution < 1.29 is 23.9 Å². The molecule has 0 radical (unpaired) electrons. The van der Waals surface area contributed by atoms with Crippen LogP contribution in [-0.2, 0) is 32.1 Å². The molecule has 0 spiro atoms. The number of hydrogen-bond acceptors (Lipinski definition) is 7. The summed E-state index contributed by atoms with van der Waals surface area (Å²) >= 11 is 0. The van der Waals surface area contributed by atoms with Crippen molar-refractivity contribution in [3.05, 3.63) is 71.8 Å². The second kappa shape index (κ2) is 17.3. The number of carbonyl (C=O) groups is 4. The number of benzene rings is 2. The van der Waals surface area contributed by atoms with Gasteiger partial charge in [0.25, 0.3) is 5.91 Å². The third kappa shape index (κ3) is 11.6. The molecule has 3 N–H and O–H groups in total. The van der Waals surface area contributed by atoms with Gasteiger partial charge in [0.1, 0.15) is 18.7 Å². The number of ketones is 1. The van der Waals surface area contributed by atoms with Gasteiger partial charge in [-0.2, -0.15) is 0 Å². The molecule has 1 fully saturated rings. The summed E-state index contributed by atoms with van der Waals surface area (Å²) in [6.45, 7) is 9.14. The van der Waals surface area contributed by atoms with Crippen LogP contribution in [0.5, 0.6) is 0 Å². The van der Waals surface area contributed by atoms with Gasteiger partial charge in [0.05, 0.1) is 0 Å². The lowest BCUT2D eigenvalue weighted by Crippen LogP contribution is -2.55. The van der Waals surface area contributed by atoms with E-state index < -0.39 is 35.8 Å². The highest BCUT2D eigenvalue weighted by molar-refractivity contribution is 6.38. The first-order chi connectivity index (χ1) is 20.2. The molecule has 2 aromatic carbocycles. The predicted octanol–water partition coefficient (Wildman–Crippen LogP) is 2.38. The zero-order chi connectivity index (χ0) is 30.3. The van der Waals surface area contributed by atoms with Gasteiger partial charge in [-0.05, 0) is 43.5 Å². The number of piperazine rings is 1. The van der Waals surface area contributed by atoms with Gasteiger partial charge < -0.3 is 30.5 Å². The van der Waals surface area contributed by atoms with Crippen LogP contribution in [0, 0.1) is 5.92 Å². The van der Waals surface area contributed by atoms with Crippen molar-refractivity contribution in [2.24, 2.45) is 5.92 Å². The maximum absolute atomic E-state index is 13.4. The molecule has 1 saturated heterocycles. The second-order valence-electron chi connectivity index (χ2n) is 11.3. The number of alkyl carbamates (subject to hydrolysis) is 1. The fourth-order valence-corrected chi connectivity index (χ4v) is 4.76. The molecule has 1 heterocycles. The summed E-state index contributed by atoms with van der Waals surface area (Å²) < 4.78 is 5.31. The van der Waals surface area contributed by atoms with Crippen molar-refractivity contribution in [3.63, 3.8) is 0 Å². The molecule has 10 nitrogen and oxygen atoms in total. The monoisotopic (exact) mass is 579 g/mol. The van der Waals surface area contributed by atoms with Crippen LogP contribution in [0.15, 0.2) is 60.7 Å². The SMILES string of the molecule is CC(C)C[C@H](NC(=O)OCc1ccccc1)C(=O)N[C@@H](Cc1ccccc1)C(=O)C(=O)NCCCN1CCN(C)CC1. The number of carbonyl (C=O) groups excluding carboxylic acids is 4. The van der Waals surface area contributed by atoms with Crippen LogP contribution < -0.4 is 16.0 Å². The molecular weight excluding hydrogens is 534 g/mol. The summed E-state index contributed by atoms with van der Waals surface area (Å²) in [4.78, 5) is 56.8. The van der Waals surface area contributed by atoms with Crippen molar-refractivity contribution in [3.8, 4) is 0 Å². The van der Waals surface area contributed by atoms with Crippen molar-refractivity contribution in [1.29, 1.82) is 0 Å². The highest BCUT2D eigenvalue weighted by atomic mass is 16.5. The van der Waals surface area contributed by atoms with Gasteiger partial charge >= 0.3 is 6.09 Å². The van der Waals surface area contributed by atoms with Crippen molar-refractivity contribution in [1.82, 2.24) is 25.8 Å². The maximum atomic E-state index is 13.4. The number of nitrogens with zero attached hydrogens (tertiary/aromatic N) is 2. The highest BCUT2D eigenvalue weighted by Crippen LogP contribution is 2.10. The Kier molecular flexibility index (Phi) is 13.5. The molecule has 1 aliphatic rings. The minimum atomic E-state index is -1.09. The minimum absolute atomic E-state index is 0.0623. The molecule has 1 aliphatic heterocycles. The molecule has 2 atom stereocenters. The average molecular weight is 580 g/mol. The molecule has 228 valence electrons. The summed E-state index contributed by atoms with van der Waals surface area (Å²) in [5.74, 6) is -1.92. The van der Waals surface area contributed by atoms with Crippen molar-refractivity contribution in [2.45, 2.75) is 51.8 Å². The van der Waals surface area contributed by atoms with Gasteiger partial charge in [-0.3, -0.25) is 14.4 Å². The van der Waals surface area contributed by atoms with E-state index >= 15 is 0 Å². The molecule has 0 aromatic heterocycles. The third-order valence-electron chi connectivity index (χ3n) is 7.20. The number of rotatable bonds is 15. The Bertz CT molecular complexity index is 1140. The standard InChI is InChI=1S/C32H45N5O5/c1-24(2)21-28(35-32(41)42-23-26-13-8-5-9-14-26)30(39)34-27(22-25-11-6-4-7-12-25)29(38)31(40)33-15-10-16-37-19-17-36(3)18-20-37/h4-9,11-14,24,27-28H,10,15-23H2,1-3H3,(H,33,40)(H,34,39)(H,35,41)/t27-,28-/m0/s1. The zero-order valence-electron chi connectivity index (χ0n) is 25.0. The van der Waals surface area contributed by atoms with Crippen LogP contribution in [0.2, 0.25) is 0 Å². The lowest BCUT2D eigenvalue weighted by Gasteiger charge is -2.32. The Morgan fingerprint density at radius 3 is 2.07 bits per heavy atom. The first-order valence-corrected chi connectivity index (χ1v) is 14.8. The second-order valence-corrected chi connectivity index (χ2v) is 11.3. The van der Waals surface area contributed by atoms with Crippen LogP contribution in [0.4, 0.5) is 4.79 Å². The Hall–Kier alpha value is -3.76. The Balaban J connectivity index is 1.59. The normalized spacial score (nSPS) is 15.4. The third-order valence-corrected chi connectivity index (χ3v) is 7.20. The lowest BCUT2D eigenvalue weighted by atomic mass is 9.99. The van der Waals surface area contributed by atoms with Crippen LogP contribution in [0.1, 0.15) is 37.8 Å². The average Bonchev–Trinajstić information content (AvgIpc) is 2.98. The van der Waals surface area contributed by atoms with Crippen LogP contribution in [0.25, 0.3) is 0 Å². The molecular formula is C32H45N5O5. The first kappa shape index (κ1) is 32.8. The van der Waals surface area contributed by atoms with E-state index in [4.69, 9.17) is 4.74 Å². The number of ether oxygens (including phenoxy) is 1. The van der Waals surface area contributed by atoms with E-state index in [1.54, 1.807) is 0 Å². The summed E-state index contributed by atoms with van der Waals surface area (Å²) in [5, 5.41) is 8.11. The van der Waals surface area contributed by atoms with E-state index in [0.717, 1.165) is 50.3 Å². The van der Waals surface area contributed by atoms with Crippen LogP contribution in [0.3, 0.4) is 0 Å². The molecule has 0 bridgehead atoms. The van der Waals surface area contributed by atoms with Crippen LogP contribution >= 0.6 is 0 Å². The minimum Gasteiger partial charge on any atom is -0.445 e. The highest BCUT2D eigenvalue weighted by Gasteiger charge is 2.31. The first-order valence-electron chi connectivity index (χ1n) is 14.8. The van der Waals surface area contributed by atoms with Gasteiger partial charge in [0.15, 0.2) is 0 Å². The van der Waals surface area contributed by atoms with E-state index in [9.17, 15) is 19.2 Å². The summed E-state index contributed by atoms with van der Waals surface area (Å²) in [6.07, 6.45) is 0.470.